The molecule has 0 spiro atoms. The number of likely N-dealkylation sites (tertiary alicyclic amines) is 1. The second-order valence-electron chi connectivity index (χ2n) is 6.81. The lowest BCUT2D eigenvalue weighted by Crippen LogP contribution is -2.38. The highest BCUT2D eigenvalue weighted by atomic mass is 32.1. The van der Waals surface area contributed by atoms with Crippen LogP contribution in [0.3, 0.4) is 0 Å². The number of nitrogens with zero attached hydrogens (tertiary/aromatic N) is 3. The largest absolute Gasteiger partial charge is 0.341 e. The van der Waals surface area contributed by atoms with Gasteiger partial charge < -0.3 is 9.47 Å². The van der Waals surface area contributed by atoms with E-state index in [0.717, 1.165) is 44.3 Å². The van der Waals surface area contributed by atoms with Crippen LogP contribution in [-0.2, 0) is 4.79 Å². The summed E-state index contributed by atoms with van der Waals surface area (Å²) in [6, 6.07) is 8.90. The van der Waals surface area contributed by atoms with Crippen molar-refractivity contribution in [3.05, 3.63) is 57.2 Å². The van der Waals surface area contributed by atoms with Crippen molar-refractivity contribution in [3.8, 4) is 0 Å². The number of hydrogen-bond acceptors (Lipinski definition) is 4. The lowest BCUT2D eigenvalue weighted by molar-refractivity contribution is -0.133. The Bertz CT molecular complexity index is 1060. The lowest BCUT2D eigenvalue weighted by atomic mass is 10.0. The molecule has 7 nitrogen and oxygen atoms in total. The number of benzene rings is 1. The number of H-pyrrole nitrogens is 2. The minimum atomic E-state index is -0.636. The molecule has 1 amide bonds. The highest BCUT2D eigenvalue weighted by Gasteiger charge is 2.29. The summed E-state index contributed by atoms with van der Waals surface area (Å²) in [5.74, 6) is -0.00712. The summed E-state index contributed by atoms with van der Waals surface area (Å²) in [7, 11) is 0. The standard InChI is InChI=1S/C19H21N5O2S/c25-17-14-16(21-22-17)20-12-24(19(14)27)15(13-8-4-3-5-9-13)18(26)23-10-6-1-2-7-11-23/h3-5,8-9,12,15H,1-2,6-7,10-11H2,(H2,21,22,25). The first kappa shape index (κ1) is 17.7. The first-order chi connectivity index (χ1) is 13.2. The van der Waals surface area contributed by atoms with Crippen LogP contribution in [-0.4, -0.2) is 43.6 Å². The first-order valence-corrected chi connectivity index (χ1v) is 9.59. The maximum Gasteiger partial charge on any atom is 0.276 e. The van der Waals surface area contributed by atoms with Crippen molar-refractivity contribution in [2.24, 2.45) is 0 Å². The van der Waals surface area contributed by atoms with E-state index in [4.69, 9.17) is 12.2 Å². The zero-order valence-electron chi connectivity index (χ0n) is 14.9. The summed E-state index contributed by atoms with van der Waals surface area (Å²) in [6.45, 7) is 1.49. The fraction of sp³-hybridized carbons (Fsp3) is 0.368. The predicted octanol–water partition coefficient (Wildman–Crippen LogP) is 2.77. The second-order valence-corrected chi connectivity index (χ2v) is 7.20. The van der Waals surface area contributed by atoms with Gasteiger partial charge in [-0.2, -0.15) is 0 Å². The third-order valence-electron chi connectivity index (χ3n) is 5.06. The highest BCUT2D eigenvalue weighted by molar-refractivity contribution is 7.71. The van der Waals surface area contributed by atoms with Gasteiger partial charge in [0.25, 0.3) is 5.56 Å². The average Bonchev–Trinajstić information content (AvgIpc) is 2.90. The van der Waals surface area contributed by atoms with Crippen LogP contribution in [0.25, 0.3) is 11.0 Å². The molecule has 3 heterocycles. The van der Waals surface area contributed by atoms with E-state index in [1.165, 1.54) is 0 Å². The van der Waals surface area contributed by atoms with Gasteiger partial charge in [0.05, 0.1) is 6.33 Å². The van der Waals surface area contributed by atoms with Crippen molar-refractivity contribution in [1.29, 1.82) is 0 Å². The molecule has 1 saturated heterocycles. The molecule has 2 N–H and O–H groups in total. The van der Waals surface area contributed by atoms with Crippen LogP contribution >= 0.6 is 12.2 Å². The minimum Gasteiger partial charge on any atom is -0.341 e. The summed E-state index contributed by atoms with van der Waals surface area (Å²) >= 11 is 5.57. The average molecular weight is 383 g/mol. The number of hydrogen-bond donors (Lipinski definition) is 2. The van der Waals surface area contributed by atoms with E-state index in [1.54, 1.807) is 10.9 Å². The molecule has 0 saturated carbocycles. The van der Waals surface area contributed by atoms with Crippen molar-refractivity contribution in [3.63, 3.8) is 0 Å². The molecule has 140 valence electrons. The Hall–Kier alpha value is -2.74. The molecule has 0 radical (unpaired) electrons. The van der Waals surface area contributed by atoms with E-state index in [1.807, 2.05) is 35.2 Å². The van der Waals surface area contributed by atoms with Crippen LogP contribution < -0.4 is 5.56 Å². The van der Waals surface area contributed by atoms with Crippen LogP contribution in [0.4, 0.5) is 0 Å². The summed E-state index contributed by atoms with van der Waals surface area (Å²) in [6.07, 6.45) is 5.85. The molecule has 0 aliphatic carbocycles. The Morgan fingerprint density at radius 3 is 2.48 bits per heavy atom. The van der Waals surface area contributed by atoms with E-state index >= 15 is 0 Å². The fourth-order valence-electron chi connectivity index (χ4n) is 3.65. The van der Waals surface area contributed by atoms with Gasteiger partial charge in [0.2, 0.25) is 5.91 Å². The maximum absolute atomic E-state index is 13.5. The molecule has 27 heavy (non-hydrogen) atoms. The molecule has 1 unspecified atom stereocenters. The quantitative estimate of drug-likeness (QED) is 0.681. The van der Waals surface area contributed by atoms with Crippen LogP contribution in [0.1, 0.15) is 37.3 Å². The predicted molar refractivity (Wildman–Crippen MR) is 105 cm³/mol. The smallest absolute Gasteiger partial charge is 0.276 e. The first-order valence-electron chi connectivity index (χ1n) is 9.18. The summed E-state index contributed by atoms with van der Waals surface area (Å²) in [4.78, 5) is 31.8. The summed E-state index contributed by atoms with van der Waals surface area (Å²) in [5, 5.41) is 5.52. The van der Waals surface area contributed by atoms with Gasteiger partial charge in [-0.05, 0) is 18.4 Å². The molecule has 1 fully saturated rings. The Kier molecular flexibility index (Phi) is 4.89. The van der Waals surface area contributed by atoms with Gasteiger partial charge in [-0.1, -0.05) is 55.4 Å². The fourth-order valence-corrected chi connectivity index (χ4v) is 3.99. The number of nitrogens with one attached hydrogen (secondary N) is 2. The SMILES string of the molecule is O=C(C(c1ccccc1)n1cnc2[nH][nH]c(=O)c2c1=S)N1CCCCCC1. The van der Waals surface area contributed by atoms with E-state index in [2.05, 4.69) is 15.2 Å². The summed E-state index contributed by atoms with van der Waals surface area (Å²) < 4.78 is 1.95. The Balaban J connectivity index is 1.85. The van der Waals surface area contributed by atoms with Crippen LogP contribution in [0.5, 0.6) is 0 Å². The van der Waals surface area contributed by atoms with Gasteiger partial charge >= 0.3 is 0 Å². The third-order valence-corrected chi connectivity index (χ3v) is 5.48. The number of carbonyl (C=O) groups is 1. The molecule has 1 aliphatic heterocycles. The van der Waals surface area contributed by atoms with Crippen molar-refractivity contribution >= 4 is 29.2 Å². The molecule has 1 aromatic carbocycles. The van der Waals surface area contributed by atoms with Crippen molar-refractivity contribution < 1.29 is 4.79 Å². The van der Waals surface area contributed by atoms with Crippen molar-refractivity contribution in [2.45, 2.75) is 31.7 Å². The maximum atomic E-state index is 13.5. The van der Waals surface area contributed by atoms with E-state index in [9.17, 15) is 9.59 Å². The topological polar surface area (TPSA) is 86.8 Å². The third kappa shape index (κ3) is 3.32. The molecular formula is C19H21N5O2S. The number of rotatable bonds is 3. The number of aromatic amines is 2. The van der Waals surface area contributed by atoms with Crippen LogP contribution in [0.15, 0.2) is 41.5 Å². The van der Waals surface area contributed by atoms with Gasteiger partial charge in [-0.15, -0.1) is 0 Å². The van der Waals surface area contributed by atoms with E-state index in [-0.39, 0.29) is 11.5 Å². The van der Waals surface area contributed by atoms with Crippen molar-refractivity contribution in [2.75, 3.05) is 13.1 Å². The molecule has 4 rings (SSSR count). The molecule has 8 heteroatoms. The summed E-state index contributed by atoms with van der Waals surface area (Å²) in [5.41, 5.74) is 0.900. The van der Waals surface area contributed by atoms with Gasteiger partial charge in [0.1, 0.15) is 16.1 Å². The lowest BCUT2D eigenvalue weighted by Gasteiger charge is -2.28. The normalized spacial score (nSPS) is 16.2. The Labute approximate surface area is 161 Å². The molecule has 1 atom stereocenters. The molecule has 0 bridgehead atoms. The number of amides is 1. The molecule has 3 aromatic rings. The van der Waals surface area contributed by atoms with Crippen LogP contribution in [0, 0.1) is 4.64 Å². The molecular weight excluding hydrogens is 362 g/mol. The van der Waals surface area contributed by atoms with E-state index in [0.29, 0.717) is 15.7 Å². The van der Waals surface area contributed by atoms with Gasteiger partial charge in [0.15, 0.2) is 5.65 Å². The number of aromatic nitrogens is 4. The minimum absolute atomic E-state index is 0.00712. The second kappa shape index (κ2) is 7.48. The number of carbonyl (C=O) groups excluding carboxylic acids is 1. The Morgan fingerprint density at radius 1 is 1.07 bits per heavy atom. The monoisotopic (exact) mass is 383 g/mol. The zero-order valence-corrected chi connectivity index (χ0v) is 15.7. The molecule has 2 aromatic heterocycles. The Morgan fingerprint density at radius 2 is 1.78 bits per heavy atom. The van der Waals surface area contributed by atoms with Crippen LogP contribution in [0.2, 0.25) is 0 Å². The van der Waals surface area contributed by atoms with Crippen molar-refractivity contribution in [1.82, 2.24) is 24.6 Å². The van der Waals surface area contributed by atoms with E-state index < -0.39 is 6.04 Å². The number of fused-ring (bicyclic) bond motifs is 1. The highest BCUT2D eigenvalue weighted by Crippen LogP contribution is 2.24. The van der Waals surface area contributed by atoms with Gasteiger partial charge in [-0.25, -0.2) is 4.98 Å². The zero-order chi connectivity index (χ0) is 18.8. The van der Waals surface area contributed by atoms with Gasteiger partial charge in [-0.3, -0.25) is 19.8 Å². The molecule has 1 aliphatic rings. The van der Waals surface area contributed by atoms with Gasteiger partial charge in [0, 0.05) is 13.1 Å².